The lowest BCUT2D eigenvalue weighted by molar-refractivity contribution is 0.0663. The van der Waals surface area contributed by atoms with Crippen LogP contribution in [0.5, 0.6) is 0 Å². The summed E-state index contributed by atoms with van der Waals surface area (Å²) in [6, 6.07) is 12.6. The predicted molar refractivity (Wildman–Crippen MR) is 103 cm³/mol. The van der Waals surface area contributed by atoms with Crippen molar-refractivity contribution in [1.82, 2.24) is 0 Å². The number of amidine groups is 1. The average molecular weight is 345 g/mol. The van der Waals surface area contributed by atoms with Crippen LogP contribution in [0.3, 0.4) is 0 Å². The van der Waals surface area contributed by atoms with E-state index in [0.29, 0.717) is 11.9 Å². The zero-order valence-electron chi connectivity index (χ0n) is 14.6. The molecule has 1 heterocycles. The van der Waals surface area contributed by atoms with E-state index >= 15 is 0 Å². The molecule has 0 radical (unpaired) electrons. The molecular formula is C20H25ClN2O. The van der Waals surface area contributed by atoms with Gasteiger partial charge in [-0.25, -0.2) is 4.99 Å². The van der Waals surface area contributed by atoms with Crippen LogP contribution in [0.25, 0.3) is 10.8 Å². The van der Waals surface area contributed by atoms with Crippen LogP contribution in [0.15, 0.2) is 41.4 Å². The van der Waals surface area contributed by atoms with E-state index in [4.69, 9.17) is 21.3 Å². The van der Waals surface area contributed by atoms with E-state index in [-0.39, 0.29) is 5.41 Å². The van der Waals surface area contributed by atoms with Crippen LogP contribution in [0, 0.1) is 11.3 Å². The monoisotopic (exact) mass is 344 g/mol. The molecule has 2 aromatic carbocycles. The van der Waals surface area contributed by atoms with Crippen LogP contribution in [0.4, 0.5) is 5.69 Å². The summed E-state index contributed by atoms with van der Waals surface area (Å²) in [4.78, 5) is 4.70. The molecule has 0 amide bonds. The van der Waals surface area contributed by atoms with Crippen molar-refractivity contribution in [3.05, 3.63) is 41.4 Å². The van der Waals surface area contributed by atoms with Gasteiger partial charge in [-0.15, -0.1) is 0 Å². The Labute approximate surface area is 149 Å². The van der Waals surface area contributed by atoms with E-state index in [2.05, 4.69) is 32.2 Å². The molecule has 0 spiro atoms. The summed E-state index contributed by atoms with van der Waals surface area (Å²) in [6.45, 7) is 8.28. The van der Waals surface area contributed by atoms with Gasteiger partial charge in [0.25, 0.3) is 6.02 Å². The maximum atomic E-state index is 6.29. The Morgan fingerprint density at radius 1 is 1.21 bits per heavy atom. The molecule has 4 heteroatoms. The van der Waals surface area contributed by atoms with Gasteiger partial charge in [-0.3, -0.25) is 0 Å². The van der Waals surface area contributed by atoms with Gasteiger partial charge in [0, 0.05) is 21.2 Å². The van der Waals surface area contributed by atoms with Crippen LogP contribution < -0.4 is 5.32 Å². The first-order chi connectivity index (χ1) is 11.6. The Balaban J connectivity index is 1.83. The molecule has 3 nitrogen and oxygen atoms in total. The van der Waals surface area contributed by atoms with Crippen molar-refractivity contribution in [2.45, 2.75) is 33.6 Å². The van der Waals surface area contributed by atoms with Gasteiger partial charge < -0.3 is 10.1 Å². The van der Waals surface area contributed by atoms with Crippen molar-refractivity contribution >= 4 is 34.1 Å². The number of nitrogens with one attached hydrogen (secondary N) is 1. The standard InChI is InChI=1S/C20H25ClN2O/c1-4-11-20(14(2)3)12-22-19(24-13-20)23-18-10-9-17(21)15-7-5-6-8-16(15)18/h5-10,14H,4,11-13H2,1-3H3,(H,22,23)/t20-/m0/s1. The first kappa shape index (κ1) is 17.1. The zero-order chi connectivity index (χ0) is 17.2. The maximum absolute atomic E-state index is 6.29. The summed E-state index contributed by atoms with van der Waals surface area (Å²) in [7, 11) is 0. The van der Waals surface area contributed by atoms with Crippen LogP contribution in [0.2, 0.25) is 5.02 Å². The zero-order valence-corrected chi connectivity index (χ0v) is 15.4. The SMILES string of the molecule is CCC[C@]1(C(C)C)CN=C(Nc2ccc(Cl)c3ccccc23)OC1. The molecule has 0 saturated carbocycles. The minimum atomic E-state index is 0.155. The van der Waals surface area contributed by atoms with Gasteiger partial charge in [-0.05, 0) is 24.5 Å². The lowest BCUT2D eigenvalue weighted by Crippen LogP contribution is -2.41. The quantitative estimate of drug-likeness (QED) is 0.767. The lowest BCUT2D eigenvalue weighted by atomic mass is 9.74. The van der Waals surface area contributed by atoms with Crippen molar-refractivity contribution in [2.75, 3.05) is 18.5 Å². The molecule has 2 aromatic rings. The second-order valence-corrected chi connectivity index (χ2v) is 7.35. The first-order valence-electron chi connectivity index (χ1n) is 8.67. The van der Waals surface area contributed by atoms with E-state index in [1.807, 2.05) is 30.3 Å². The lowest BCUT2D eigenvalue weighted by Gasteiger charge is -2.39. The molecule has 0 saturated heterocycles. The average Bonchev–Trinajstić information content (AvgIpc) is 2.59. The Morgan fingerprint density at radius 3 is 2.58 bits per heavy atom. The van der Waals surface area contributed by atoms with Crippen molar-refractivity contribution in [3.8, 4) is 0 Å². The smallest absolute Gasteiger partial charge is 0.289 e. The van der Waals surface area contributed by atoms with Gasteiger partial charge >= 0.3 is 0 Å². The van der Waals surface area contributed by atoms with Crippen molar-refractivity contribution in [3.63, 3.8) is 0 Å². The molecule has 1 aliphatic rings. The number of anilines is 1. The number of rotatable bonds is 4. The summed E-state index contributed by atoms with van der Waals surface area (Å²) < 4.78 is 6.00. The third-order valence-electron chi connectivity index (χ3n) is 5.12. The molecule has 1 atom stereocenters. The topological polar surface area (TPSA) is 33.6 Å². The molecule has 128 valence electrons. The second kappa shape index (κ2) is 7.02. The molecule has 0 aliphatic carbocycles. The van der Waals surface area contributed by atoms with E-state index in [9.17, 15) is 0 Å². The fourth-order valence-corrected chi connectivity index (χ4v) is 3.61. The third-order valence-corrected chi connectivity index (χ3v) is 5.45. The van der Waals surface area contributed by atoms with Gasteiger partial charge in [0.05, 0.1) is 18.8 Å². The Hall–Kier alpha value is -1.74. The highest BCUT2D eigenvalue weighted by atomic mass is 35.5. The number of aliphatic imine (C=N–C) groups is 1. The second-order valence-electron chi connectivity index (χ2n) is 6.94. The van der Waals surface area contributed by atoms with Gasteiger partial charge in [-0.2, -0.15) is 0 Å². The number of ether oxygens (including phenoxy) is 1. The molecule has 0 fully saturated rings. The molecule has 1 N–H and O–H groups in total. The van der Waals surface area contributed by atoms with Gasteiger partial charge in [0.1, 0.15) is 0 Å². The van der Waals surface area contributed by atoms with Crippen molar-refractivity contribution in [2.24, 2.45) is 16.3 Å². The molecule has 3 rings (SSSR count). The summed E-state index contributed by atoms with van der Waals surface area (Å²) in [5, 5.41) is 6.20. The molecule has 0 unspecified atom stereocenters. The van der Waals surface area contributed by atoms with E-state index in [0.717, 1.165) is 47.5 Å². The maximum Gasteiger partial charge on any atom is 0.289 e. The molecule has 1 aliphatic heterocycles. The number of nitrogens with zero attached hydrogens (tertiary/aromatic N) is 1. The largest absolute Gasteiger partial charge is 0.464 e. The summed E-state index contributed by atoms with van der Waals surface area (Å²) in [5.74, 6) is 0.555. The van der Waals surface area contributed by atoms with Crippen molar-refractivity contribution in [1.29, 1.82) is 0 Å². The minimum Gasteiger partial charge on any atom is -0.464 e. The summed E-state index contributed by atoms with van der Waals surface area (Å²) in [5.41, 5.74) is 1.13. The summed E-state index contributed by atoms with van der Waals surface area (Å²) in [6.07, 6.45) is 2.30. The number of hydrogen-bond acceptors (Lipinski definition) is 3. The third kappa shape index (κ3) is 3.23. The Morgan fingerprint density at radius 2 is 1.96 bits per heavy atom. The van der Waals surface area contributed by atoms with Gasteiger partial charge in [-0.1, -0.05) is 63.1 Å². The van der Waals surface area contributed by atoms with Gasteiger partial charge in [0.2, 0.25) is 0 Å². The van der Waals surface area contributed by atoms with E-state index in [1.54, 1.807) is 0 Å². The normalized spacial score (nSPS) is 20.8. The highest BCUT2D eigenvalue weighted by molar-refractivity contribution is 6.36. The minimum absolute atomic E-state index is 0.155. The highest BCUT2D eigenvalue weighted by Crippen LogP contribution is 2.36. The summed E-state index contributed by atoms with van der Waals surface area (Å²) >= 11 is 6.29. The highest BCUT2D eigenvalue weighted by Gasteiger charge is 2.36. The number of halogens is 1. The molecule has 24 heavy (non-hydrogen) atoms. The first-order valence-corrected chi connectivity index (χ1v) is 9.05. The molecule has 0 aromatic heterocycles. The van der Waals surface area contributed by atoms with E-state index < -0.39 is 0 Å². The van der Waals surface area contributed by atoms with E-state index in [1.165, 1.54) is 0 Å². The molecule has 0 bridgehead atoms. The van der Waals surface area contributed by atoms with Gasteiger partial charge in [0.15, 0.2) is 0 Å². The van der Waals surface area contributed by atoms with Crippen LogP contribution in [-0.4, -0.2) is 19.2 Å². The predicted octanol–water partition coefficient (Wildman–Crippen LogP) is 5.73. The Kier molecular flexibility index (Phi) is 5.00. The fourth-order valence-electron chi connectivity index (χ4n) is 3.38. The Bertz CT molecular complexity index is 756. The number of fused-ring (bicyclic) bond motifs is 1. The van der Waals surface area contributed by atoms with Crippen LogP contribution in [0.1, 0.15) is 33.6 Å². The van der Waals surface area contributed by atoms with Crippen LogP contribution in [-0.2, 0) is 4.74 Å². The fraction of sp³-hybridized carbons (Fsp3) is 0.450. The number of hydrogen-bond donors (Lipinski definition) is 1. The van der Waals surface area contributed by atoms with Crippen molar-refractivity contribution < 1.29 is 4.74 Å². The van der Waals surface area contributed by atoms with Crippen LogP contribution >= 0.6 is 11.6 Å². The number of benzene rings is 2. The molecular weight excluding hydrogens is 320 g/mol.